The van der Waals surface area contributed by atoms with E-state index < -0.39 is 0 Å². The standard InChI is InChI=1S/C26H24BrN7O2S/c27-20-8-6-19(7-9-20)25(36)33-16-14-32(15-17-33)22-12-10-21(11-13-22)28-24(35)18-37-26-29-30-31-34(26)23-4-2-1-3-5-23/h1-13H,14-18H2,(H,28,35). The largest absolute Gasteiger partial charge is 0.368 e. The molecule has 188 valence electrons. The summed E-state index contributed by atoms with van der Waals surface area (Å²) in [6.45, 7) is 2.82. The van der Waals surface area contributed by atoms with Gasteiger partial charge < -0.3 is 15.1 Å². The van der Waals surface area contributed by atoms with Crippen LogP contribution in [-0.4, -0.2) is 68.9 Å². The van der Waals surface area contributed by atoms with Crippen molar-refractivity contribution < 1.29 is 9.59 Å². The van der Waals surface area contributed by atoms with Crippen molar-refractivity contribution in [1.29, 1.82) is 0 Å². The van der Waals surface area contributed by atoms with Crippen molar-refractivity contribution in [2.24, 2.45) is 0 Å². The third-order valence-electron chi connectivity index (χ3n) is 5.95. The number of tetrazole rings is 1. The Morgan fingerprint density at radius 2 is 1.57 bits per heavy atom. The molecule has 1 aliphatic heterocycles. The zero-order chi connectivity index (χ0) is 25.6. The first-order valence-electron chi connectivity index (χ1n) is 11.7. The first kappa shape index (κ1) is 25.0. The number of nitrogens with one attached hydrogen (secondary N) is 1. The fourth-order valence-corrected chi connectivity index (χ4v) is 4.98. The molecule has 2 heterocycles. The van der Waals surface area contributed by atoms with Gasteiger partial charge in [0, 0.05) is 47.6 Å². The number of amides is 2. The monoisotopic (exact) mass is 577 g/mol. The number of anilines is 2. The average Bonchev–Trinajstić information content (AvgIpc) is 3.42. The van der Waals surface area contributed by atoms with Crippen molar-refractivity contribution in [1.82, 2.24) is 25.1 Å². The van der Waals surface area contributed by atoms with E-state index in [1.54, 1.807) is 4.68 Å². The second kappa shape index (κ2) is 11.6. The number of rotatable bonds is 7. The van der Waals surface area contributed by atoms with Crippen molar-refractivity contribution in [3.8, 4) is 5.69 Å². The molecule has 9 nitrogen and oxygen atoms in total. The SMILES string of the molecule is O=C(CSc1nnnn1-c1ccccc1)Nc1ccc(N2CCN(C(=O)c3ccc(Br)cc3)CC2)cc1. The topological polar surface area (TPSA) is 96.2 Å². The number of thioether (sulfide) groups is 1. The summed E-state index contributed by atoms with van der Waals surface area (Å²) >= 11 is 4.68. The molecule has 0 atom stereocenters. The van der Waals surface area contributed by atoms with E-state index in [2.05, 4.69) is 41.7 Å². The number of halogens is 1. The quantitative estimate of drug-likeness (QED) is 0.330. The van der Waals surface area contributed by atoms with E-state index in [0.717, 1.165) is 34.6 Å². The van der Waals surface area contributed by atoms with E-state index in [1.807, 2.05) is 83.8 Å². The van der Waals surface area contributed by atoms with Crippen LogP contribution in [0.3, 0.4) is 0 Å². The summed E-state index contributed by atoms with van der Waals surface area (Å²) in [4.78, 5) is 29.4. The molecule has 1 N–H and O–H groups in total. The third-order valence-corrected chi connectivity index (χ3v) is 7.40. The van der Waals surface area contributed by atoms with Crippen LogP contribution in [0.25, 0.3) is 5.69 Å². The van der Waals surface area contributed by atoms with Gasteiger partial charge in [0.05, 0.1) is 11.4 Å². The smallest absolute Gasteiger partial charge is 0.253 e. The predicted octanol–water partition coefficient (Wildman–Crippen LogP) is 4.12. The molecule has 37 heavy (non-hydrogen) atoms. The highest BCUT2D eigenvalue weighted by molar-refractivity contribution is 9.10. The van der Waals surface area contributed by atoms with Gasteiger partial charge in [-0.2, -0.15) is 4.68 Å². The minimum Gasteiger partial charge on any atom is -0.368 e. The highest BCUT2D eigenvalue weighted by Crippen LogP contribution is 2.22. The number of hydrogen-bond donors (Lipinski definition) is 1. The molecule has 0 spiro atoms. The van der Waals surface area contributed by atoms with E-state index in [1.165, 1.54) is 11.8 Å². The van der Waals surface area contributed by atoms with Gasteiger partial charge in [-0.15, -0.1) is 5.10 Å². The molecule has 11 heteroatoms. The van der Waals surface area contributed by atoms with Crippen LogP contribution in [-0.2, 0) is 4.79 Å². The number of carbonyl (C=O) groups is 2. The van der Waals surface area contributed by atoms with Gasteiger partial charge >= 0.3 is 0 Å². The lowest BCUT2D eigenvalue weighted by Crippen LogP contribution is -2.48. The minimum atomic E-state index is -0.138. The number of hydrogen-bond acceptors (Lipinski definition) is 7. The van der Waals surface area contributed by atoms with Crippen LogP contribution < -0.4 is 10.2 Å². The Bertz CT molecular complexity index is 1360. The molecule has 2 amide bonds. The van der Waals surface area contributed by atoms with Crippen molar-refractivity contribution in [2.75, 3.05) is 42.1 Å². The molecule has 4 aromatic rings. The van der Waals surface area contributed by atoms with Crippen LogP contribution in [0.1, 0.15) is 10.4 Å². The number of benzene rings is 3. The van der Waals surface area contributed by atoms with Gasteiger partial charge in [-0.25, -0.2) is 0 Å². The van der Waals surface area contributed by atoms with Gasteiger partial charge in [-0.3, -0.25) is 9.59 Å². The van der Waals surface area contributed by atoms with Crippen molar-refractivity contribution >= 4 is 50.9 Å². The van der Waals surface area contributed by atoms with Crippen LogP contribution in [0.15, 0.2) is 88.5 Å². The summed E-state index contributed by atoms with van der Waals surface area (Å²) in [6.07, 6.45) is 0. The molecule has 0 aliphatic carbocycles. The Kier molecular flexibility index (Phi) is 7.81. The lowest BCUT2D eigenvalue weighted by molar-refractivity contribution is -0.113. The molecule has 0 unspecified atom stereocenters. The second-order valence-corrected chi connectivity index (χ2v) is 10.2. The Morgan fingerprint density at radius 3 is 2.27 bits per heavy atom. The van der Waals surface area contributed by atoms with E-state index in [-0.39, 0.29) is 17.6 Å². The maximum atomic E-state index is 12.8. The number of nitrogens with zero attached hydrogens (tertiary/aromatic N) is 6. The van der Waals surface area contributed by atoms with Gasteiger partial charge in [0.15, 0.2) is 0 Å². The highest BCUT2D eigenvalue weighted by Gasteiger charge is 2.22. The van der Waals surface area contributed by atoms with E-state index in [9.17, 15) is 9.59 Å². The minimum absolute atomic E-state index is 0.0564. The number of carbonyl (C=O) groups excluding carboxylic acids is 2. The Morgan fingerprint density at radius 1 is 0.865 bits per heavy atom. The number of para-hydroxylation sites is 1. The predicted molar refractivity (Wildman–Crippen MR) is 147 cm³/mol. The molecule has 0 bridgehead atoms. The summed E-state index contributed by atoms with van der Waals surface area (Å²) in [5.74, 6) is 0.102. The third kappa shape index (κ3) is 6.17. The Labute approximate surface area is 227 Å². The normalized spacial score (nSPS) is 13.4. The fraction of sp³-hybridized carbons (Fsp3) is 0.192. The van der Waals surface area contributed by atoms with E-state index >= 15 is 0 Å². The highest BCUT2D eigenvalue weighted by atomic mass is 79.9. The van der Waals surface area contributed by atoms with Crippen LogP contribution in [0, 0.1) is 0 Å². The maximum absolute atomic E-state index is 12.8. The molecular weight excluding hydrogens is 554 g/mol. The molecule has 5 rings (SSSR count). The van der Waals surface area contributed by atoms with Gasteiger partial charge in [-0.1, -0.05) is 45.9 Å². The van der Waals surface area contributed by atoms with Crippen LogP contribution in [0.2, 0.25) is 0 Å². The van der Waals surface area contributed by atoms with Crippen molar-refractivity contribution in [2.45, 2.75) is 5.16 Å². The van der Waals surface area contributed by atoms with Crippen LogP contribution >= 0.6 is 27.7 Å². The maximum Gasteiger partial charge on any atom is 0.253 e. The summed E-state index contributed by atoms with van der Waals surface area (Å²) in [6, 6.07) is 24.8. The van der Waals surface area contributed by atoms with E-state index in [0.29, 0.717) is 23.8 Å². The summed E-state index contributed by atoms with van der Waals surface area (Å²) in [7, 11) is 0. The molecule has 3 aromatic carbocycles. The second-order valence-electron chi connectivity index (χ2n) is 8.38. The summed E-state index contributed by atoms with van der Waals surface area (Å²) in [5.41, 5.74) is 3.32. The summed E-state index contributed by atoms with van der Waals surface area (Å²) in [5, 5.41) is 15.2. The van der Waals surface area contributed by atoms with Crippen LogP contribution in [0.4, 0.5) is 11.4 Å². The van der Waals surface area contributed by atoms with Gasteiger partial charge in [-0.05, 0) is 71.1 Å². The number of piperazine rings is 1. The van der Waals surface area contributed by atoms with Gasteiger partial charge in [0.2, 0.25) is 11.1 Å². The Balaban J connectivity index is 1.11. The molecule has 1 saturated heterocycles. The fourth-order valence-electron chi connectivity index (χ4n) is 4.03. The van der Waals surface area contributed by atoms with E-state index in [4.69, 9.17) is 0 Å². The molecule has 1 fully saturated rings. The zero-order valence-electron chi connectivity index (χ0n) is 19.8. The molecule has 1 aliphatic rings. The first-order chi connectivity index (χ1) is 18.1. The van der Waals surface area contributed by atoms with Crippen molar-refractivity contribution in [3.63, 3.8) is 0 Å². The van der Waals surface area contributed by atoms with Gasteiger partial charge in [0.1, 0.15) is 0 Å². The molecular formula is C26H24BrN7O2S. The Hall–Kier alpha value is -3.70. The average molecular weight is 578 g/mol. The zero-order valence-corrected chi connectivity index (χ0v) is 22.2. The van der Waals surface area contributed by atoms with Crippen LogP contribution in [0.5, 0.6) is 0 Å². The molecule has 0 saturated carbocycles. The molecule has 1 aromatic heterocycles. The molecule has 0 radical (unpaired) electrons. The lowest BCUT2D eigenvalue weighted by atomic mass is 10.1. The van der Waals surface area contributed by atoms with Gasteiger partial charge in [0.25, 0.3) is 5.91 Å². The first-order valence-corrected chi connectivity index (χ1v) is 13.5. The lowest BCUT2D eigenvalue weighted by Gasteiger charge is -2.36. The van der Waals surface area contributed by atoms with Crippen molar-refractivity contribution in [3.05, 3.63) is 88.9 Å². The summed E-state index contributed by atoms with van der Waals surface area (Å²) < 4.78 is 2.57. The number of aromatic nitrogens is 4.